The average molecular weight is 353 g/mol. The summed E-state index contributed by atoms with van der Waals surface area (Å²) in [5.74, 6) is 1.48. The largest absolute Gasteiger partial charge is 0.487 e. The van der Waals surface area contributed by atoms with Crippen LogP contribution in [0.25, 0.3) is 0 Å². The van der Waals surface area contributed by atoms with Crippen molar-refractivity contribution < 1.29 is 14.3 Å². The number of hydrogen-bond acceptors (Lipinski definition) is 3. The van der Waals surface area contributed by atoms with Gasteiger partial charge in [0.25, 0.3) is 5.91 Å². The second-order valence-electron chi connectivity index (χ2n) is 7.78. The van der Waals surface area contributed by atoms with Crippen LogP contribution in [0.15, 0.2) is 36.4 Å². The zero-order chi connectivity index (χ0) is 18.9. The minimum absolute atomic E-state index is 0.00325. The molecule has 26 heavy (non-hydrogen) atoms. The SMILES string of the molecule is Cc1ccc(C)c(OCC(=O)NC2CC(C)(C)Oc3cc(C)ccc32)c1. The Bertz CT molecular complexity index is 826. The monoisotopic (exact) mass is 353 g/mol. The molecule has 0 saturated carbocycles. The number of nitrogens with one attached hydrogen (secondary N) is 1. The normalized spacial score (nSPS) is 17.8. The third-order valence-corrected chi connectivity index (χ3v) is 4.66. The van der Waals surface area contributed by atoms with Crippen LogP contribution >= 0.6 is 0 Å². The van der Waals surface area contributed by atoms with Gasteiger partial charge in [0.1, 0.15) is 17.1 Å². The first kappa shape index (κ1) is 18.3. The van der Waals surface area contributed by atoms with Crippen molar-refractivity contribution in [2.45, 2.75) is 52.7 Å². The number of fused-ring (bicyclic) bond motifs is 1. The van der Waals surface area contributed by atoms with Crippen molar-refractivity contribution in [3.63, 3.8) is 0 Å². The molecule has 2 aromatic rings. The summed E-state index contributed by atoms with van der Waals surface area (Å²) < 4.78 is 11.8. The van der Waals surface area contributed by atoms with Crippen LogP contribution in [0.3, 0.4) is 0 Å². The smallest absolute Gasteiger partial charge is 0.258 e. The van der Waals surface area contributed by atoms with Crippen molar-refractivity contribution in [3.8, 4) is 11.5 Å². The van der Waals surface area contributed by atoms with Gasteiger partial charge in [0.2, 0.25) is 0 Å². The van der Waals surface area contributed by atoms with Gasteiger partial charge < -0.3 is 14.8 Å². The molecule has 0 spiro atoms. The Morgan fingerprint density at radius 3 is 2.62 bits per heavy atom. The van der Waals surface area contributed by atoms with E-state index in [2.05, 4.69) is 5.32 Å². The lowest BCUT2D eigenvalue weighted by Crippen LogP contribution is -2.42. The molecule has 1 heterocycles. The highest BCUT2D eigenvalue weighted by Gasteiger charge is 2.34. The fourth-order valence-electron chi connectivity index (χ4n) is 3.33. The van der Waals surface area contributed by atoms with Crippen molar-refractivity contribution in [1.82, 2.24) is 5.32 Å². The molecule has 1 aliphatic heterocycles. The standard InChI is InChI=1S/C22H27NO3/c1-14-6-8-16(3)19(10-14)25-13-21(24)23-18-12-22(4,5)26-20-11-15(2)7-9-17(18)20/h6-11,18H,12-13H2,1-5H3,(H,23,24). The molecule has 1 atom stereocenters. The number of rotatable bonds is 4. The van der Waals surface area contributed by atoms with E-state index in [9.17, 15) is 4.79 Å². The number of benzene rings is 2. The Hall–Kier alpha value is -2.49. The first-order chi connectivity index (χ1) is 12.2. The molecule has 1 N–H and O–H groups in total. The lowest BCUT2D eigenvalue weighted by molar-refractivity contribution is -0.124. The topological polar surface area (TPSA) is 47.6 Å². The first-order valence-corrected chi connectivity index (χ1v) is 9.02. The fraction of sp³-hybridized carbons (Fsp3) is 0.409. The molecule has 0 bridgehead atoms. The Balaban J connectivity index is 1.70. The van der Waals surface area contributed by atoms with E-state index < -0.39 is 0 Å². The highest BCUT2D eigenvalue weighted by molar-refractivity contribution is 5.78. The van der Waals surface area contributed by atoms with Crippen molar-refractivity contribution in [3.05, 3.63) is 58.7 Å². The summed E-state index contributed by atoms with van der Waals surface area (Å²) in [5, 5.41) is 3.11. The van der Waals surface area contributed by atoms with Gasteiger partial charge in [-0.1, -0.05) is 24.3 Å². The third-order valence-electron chi connectivity index (χ3n) is 4.66. The van der Waals surface area contributed by atoms with E-state index in [1.165, 1.54) is 0 Å². The van der Waals surface area contributed by atoms with Gasteiger partial charge in [-0.2, -0.15) is 0 Å². The fourth-order valence-corrected chi connectivity index (χ4v) is 3.33. The number of carbonyl (C=O) groups is 1. The summed E-state index contributed by atoms with van der Waals surface area (Å²) in [6.45, 7) is 10.1. The molecule has 0 aliphatic carbocycles. The molecule has 1 aliphatic rings. The second kappa shape index (κ2) is 7.02. The molecule has 0 radical (unpaired) electrons. The van der Waals surface area contributed by atoms with Gasteiger partial charge in [0.15, 0.2) is 6.61 Å². The van der Waals surface area contributed by atoms with Crippen LogP contribution in [0.2, 0.25) is 0 Å². The van der Waals surface area contributed by atoms with Gasteiger partial charge in [-0.3, -0.25) is 4.79 Å². The van der Waals surface area contributed by atoms with Crippen LogP contribution in [0.4, 0.5) is 0 Å². The molecule has 4 nitrogen and oxygen atoms in total. The minimum atomic E-state index is -0.327. The summed E-state index contributed by atoms with van der Waals surface area (Å²) in [7, 11) is 0. The van der Waals surface area contributed by atoms with Crippen LogP contribution in [0.1, 0.15) is 48.6 Å². The predicted molar refractivity (Wildman–Crippen MR) is 103 cm³/mol. The van der Waals surface area contributed by atoms with E-state index in [1.54, 1.807) is 0 Å². The van der Waals surface area contributed by atoms with Crippen LogP contribution in [-0.2, 0) is 4.79 Å². The van der Waals surface area contributed by atoms with Crippen molar-refractivity contribution >= 4 is 5.91 Å². The van der Waals surface area contributed by atoms with Crippen LogP contribution in [-0.4, -0.2) is 18.1 Å². The van der Waals surface area contributed by atoms with Gasteiger partial charge in [-0.25, -0.2) is 0 Å². The summed E-state index contributed by atoms with van der Waals surface area (Å²) in [6, 6.07) is 12.0. The van der Waals surface area contributed by atoms with E-state index in [-0.39, 0.29) is 24.2 Å². The van der Waals surface area contributed by atoms with E-state index in [4.69, 9.17) is 9.47 Å². The molecular weight excluding hydrogens is 326 g/mol. The molecule has 0 aromatic heterocycles. The number of aryl methyl sites for hydroxylation is 3. The maximum atomic E-state index is 12.5. The molecule has 138 valence electrons. The Labute approximate surface area is 155 Å². The van der Waals surface area contributed by atoms with Gasteiger partial charge in [0.05, 0.1) is 6.04 Å². The molecular formula is C22H27NO3. The van der Waals surface area contributed by atoms with Crippen LogP contribution < -0.4 is 14.8 Å². The van der Waals surface area contributed by atoms with Gasteiger partial charge in [-0.05, 0) is 63.4 Å². The molecule has 1 amide bonds. The Morgan fingerprint density at radius 1 is 1.15 bits per heavy atom. The molecule has 1 unspecified atom stereocenters. The molecule has 2 aromatic carbocycles. The minimum Gasteiger partial charge on any atom is -0.487 e. The maximum absolute atomic E-state index is 12.5. The Morgan fingerprint density at radius 2 is 1.85 bits per heavy atom. The zero-order valence-corrected chi connectivity index (χ0v) is 16.2. The quantitative estimate of drug-likeness (QED) is 0.886. The number of hydrogen-bond donors (Lipinski definition) is 1. The Kier molecular flexibility index (Phi) is 4.94. The second-order valence-corrected chi connectivity index (χ2v) is 7.78. The van der Waals surface area contributed by atoms with Gasteiger partial charge in [-0.15, -0.1) is 0 Å². The van der Waals surface area contributed by atoms with E-state index >= 15 is 0 Å². The summed E-state index contributed by atoms with van der Waals surface area (Å²) in [4.78, 5) is 12.5. The van der Waals surface area contributed by atoms with Crippen molar-refractivity contribution in [2.75, 3.05) is 6.61 Å². The van der Waals surface area contributed by atoms with Crippen LogP contribution in [0, 0.1) is 20.8 Å². The molecule has 0 saturated heterocycles. The van der Waals surface area contributed by atoms with Gasteiger partial charge >= 0.3 is 0 Å². The summed E-state index contributed by atoms with van der Waals surface area (Å²) in [6.07, 6.45) is 0.721. The molecule has 4 heteroatoms. The predicted octanol–water partition coefficient (Wildman–Crippen LogP) is 4.41. The number of ether oxygens (including phenoxy) is 2. The molecule has 3 rings (SSSR count). The lowest BCUT2D eigenvalue weighted by atomic mass is 9.89. The van der Waals surface area contributed by atoms with Crippen LogP contribution in [0.5, 0.6) is 11.5 Å². The van der Waals surface area contributed by atoms with E-state index in [0.717, 1.165) is 40.2 Å². The number of carbonyl (C=O) groups excluding carboxylic acids is 1. The highest BCUT2D eigenvalue weighted by atomic mass is 16.5. The average Bonchev–Trinajstić information content (AvgIpc) is 2.54. The van der Waals surface area contributed by atoms with Crippen molar-refractivity contribution in [1.29, 1.82) is 0 Å². The zero-order valence-electron chi connectivity index (χ0n) is 16.2. The van der Waals surface area contributed by atoms with E-state index in [1.807, 2.05) is 71.0 Å². The summed E-state index contributed by atoms with van der Waals surface area (Å²) in [5.41, 5.74) is 3.98. The maximum Gasteiger partial charge on any atom is 0.258 e. The first-order valence-electron chi connectivity index (χ1n) is 9.02. The van der Waals surface area contributed by atoms with Crippen molar-refractivity contribution in [2.24, 2.45) is 0 Å². The highest BCUT2D eigenvalue weighted by Crippen LogP contribution is 2.39. The lowest BCUT2D eigenvalue weighted by Gasteiger charge is -2.38. The number of amides is 1. The van der Waals surface area contributed by atoms with Gasteiger partial charge in [0, 0.05) is 12.0 Å². The summed E-state index contributed by atoms with van der Waals surface area (Å²) >= 11 is 0. The molecule has 0 fully saturated rings. The third kappa shape index (κ3) is 4.18. The van der Waals surface area contributed by atoms with E-state index in [0.29, 0.717) is 0 Å².